The Morgan fingerprint density at radius 3 is 2.52 bits per heavy atom. The lowest BCUT2D eigenvalue weighted by Crippen LogP contribution is -2.36. The minimum absolute atomic E-state index is 0.0116. The molecule has 1 aliphatic rings. The van der Waals surface area contributed by atoms with E-state index in [4.69, 9.17) is 17.9 Å². The van der Waals surface area contributed by atoms with Crippen molar-refractivity contribution < 1.29 is 39.6 Å². The van der Waals surface area contributed by atoms with E-state index < -0.39 is 27.2 Å². The monoisotopic (exact) mass is 639 g/mol. The lowest BCUT2D eigenvalue weighted by atomic mass is 10.0. The van der Waals surface area contributed by atoms with Crippen LogP contribution in [0, 0.1) is 13.8 Å². The van der Waals surface area contributed by atoms with Crippen LogP contribution in [-0.2, 0) is 32.2 Å². The fourth-order valence-corrected chi connectivity index (χ4v) is 5.74. The van der Waals surface area contributed by atoms with Gasteiger partial charge in [-0.25, -0.2) is 0 Å². The Hall–Kier alpha value is -3.81. The molecule has 4 aromatic rings. The topological polar surface area (TPSA) is 130 Å². The smallest absolute Gasteiger partial charge is 0.374 e. The molecule has 0 amide bonds. The molecule has 1 aliphatic heterocycles. The number of ether oxygens (including phenoxy) is 1. The van der Waals surface area contributed by atoms with Crippen molar-refractivity contribution in [3.05, 3.63) is 95.2 Å². The van der Waals surface area contributed by atoms with Crippen molar-refractivity contribution >= 4 is 44.3 Å². The van der Waals surface area contributed by atoms with Gasteiger partial charge in [0.05, 0.1) is 24.1 Å². The Morgan fingerprint density at radius 1 is 1.07 bits per heavy atom. The van der Waals surface area contributed by atoms with Crippen LogP contribution in [0.2, 0.25) is 0 Å². The van der Waals surface area contributed by atoms with E-state index in [0.717, 1.165) is 33.3 Å². The molecule has 44 heavy (non-hydrogen) atoms. The van der Waals surface area contributed by atoms with Gasteiger partial charge in [0, 0.05) is 25.1 Å². The molecule has 0 saturated heterocycles. The lowest BCUT2D eigenvalue weighted by Gasteiger charge is -2.18. The zero-order valence-electron chi connectivity index (χ0n) is 24.7. The molecule has 1 atom stereocenters. The minimum Gasteiger partial charge on any atom is -0.439 e. The predicted octanol–water partition coefficient (Wildman–Crippen LogP) is 5.97. The van der Waals surface area contributed by atoms with Gasteiger partial charge in [-0.05, 0) is 66.3 Å². The summed E-state index contributed by atoms with van der Waals surface area (Å²) in [4.78, 5) is 1.75. The zero-order chi connectivity index (χ0) is 31.4. The lowest BCUT2D eigenvalue weighted by molar-refractivity contribution is -0.678. The van der Waals surface area contributed by atoms with E-state index in [0.29, 0.717) is 48.2 Å². The molecule has 0 fully saturated rings. The minimum atomic E-state index is -4.23. The quantitative estimate of drug-likeness (QED) is 0.0833. The highest BCUT2D eigenvalue weighted by Crippen LogP contribution is 2.42. The Labute approximate surface area is 259 Å². The van der Waals surface area contributed by atoms with Crippen molar-refractivity contribution in [3.8, 4) is 16.9 Å². The van der Waals surface area contributed by atoms with Crippen LogP contribution < -0.4 is 14.2 Å². The Bertz CT molecular complexity index is 1860. The van der Waals surface area contributed by atoms with E-state index in [1.165, 1.54) is 0 Å². The molecule has 1 aromatic heterocycles. The molecule has 2 heterocycles. The van der Waals surface area contributed by atoms with Gasteiger partial charge in [0.15, 0.2) is 12.3 Å². The summed E-state index contributed by atoms with van der Waals surface area (Å²) in [6.07, 6.45) is 4.84. The van der Waals surface area contributed by atoms with Crippen molar-refractivity contribution in [1.29, 1.82) is 0 Å². The summed E-state index contributed by atoms with van der Waals surface area (Å²) in [5.74, 6) is 1.11. The van der Waals surface area contributed by atoms with Gasteiger partial charge in [-0.15, -0.1) is 0 Å². The number of oxazole rings is 1. The number of rotatable bonds is 12. The van der Waals surface area contributed by atoms with Crippen LogP contribution in [0.25, 0.3) is 28.3 Å². The largest absolute Gasteiger partial charge is 0.439 e. The molecule has 2 N–H and O–H groups in total. The third-order valence-electron chi connectivity index (χ3n) is 7.49. The Balaban J connectivity index is 1.53. The van der Waals surface area contributed by atoms with E-state index in [2.05, 4.69) is 6.07 Å². The average molecular weight is 640 g/mol. The van der Waals surface area contributed by atoms with E-state index in [9.17, 15) is 17.2 Å². The van der Waals surface area contributed by atoms with E-state index in [1.54, 1.807) is 4.90 Å². The van der Waals surface area contributed by atoms with Gasteiger partial charge in [0.1, 0.15) is 0 Å². The second kappa shape index (κ2) is 13.4. The number of benzene rings is 3. The molecule has 0 saturated carbocycles. The van der Waals surface area contributed by atoms with Gasteiger partial charge in [-0.2, -0.15) is 17.2 Å². The summed E-state index contributed by atoms with van der Waals surface area (Å²) in [6.45, 7) is 6.61. The SMILES string of the molecule is CCC(=Cc1oc2cc(C)c(C)cc2[n+]1CCCOS(=O)O)C=C1Oc2ccc(-c3ccccc3)cc2N1CCS(=O)(=O)O. The first-order valence-electron chi connectivity index (χ1n) is 14.2. The van der Waals surface area contributed by atoms with Gasteiger partial charge in [0.2, 0.25) is 11.5 Å². The van der Waals surface area contributed by atoms with Crippen LogP contribution in [0.4, 0.5) is 5.69 Å². The zero-order valence-corrected chi connectivity index (χ0v) is 26.4. The predicted molar refractivity (Wildman–Crippen MR) is 170 cm³/mol. The highest BCUT2D eigenvalue weighted by Gasteiger charge is 2.29. The number of aromatic nitrogens is 1. The maximum atomic E-state index is 11.7. The van der Waals surface area contributed by atoms with Gasteiger partial charge < -0.3 is 14.1 Å². The normalized spacial score (nSPS) is 15.2. The first-order chi connectivity index (χ1) is 21.0. The molecule has 10 nitrogen and oxygen atoms in total. The molecular formula is C32H35N2O8S2+. The molecule has 1 unspecified atom stereocenters. The number of aryl methyl sites for hydroxylation is 3. The molecular weight excluding hydrogens is 604 g/mol. The van der Waals surface area contributed by atoms with Gasteiger partial charge in [-0.3, -0.25) is 13.3 Å². The summed E-state index contributed by atoms with van der Waals surface area (Å²) in [5, 5.41) is 0. The van der Waals surface area contributed by atoms with Crippen LogP contribution in [0.3, 0.4) is 0 Å². The summed E-state index contributed by atoms with van der Waals surface area (Å²) in [5.41, 5.74) is 7.29. The standard InChI is InChI=1S/C32H34N2O8S2/c1-4-24(19-31-33(13-8-15-40-43(35)36)27-17-22(2)23(3)18-30(27)42-31)20-32-34(14-16-44(37,38)39)28-21-26(11-12-29(28)41-32)25-9-6-5-7-10-25/h5-7,9-12,17-21H,4,8,13-16H2,1-3H3,(H-,35,36,37,38,39)/p+1. The number of hydrogen-bond donors (Lipinski definition) is 2. The highest BCUT2D eigenvalue weighted by atomic mass is 32.2. The Kier molecular flexibility index (Phi) is 9.66. The van der Waals surface area contributed by atoms with Crippen LogP contribution in [-0.4, -0.2) is 40.6 Å². The maximum Gasteiger partial charge on any atom is 0.374 e. The fraction of sp³-hybridized carbons (Fsp3) is 0.281. The average Bonchev–Trinajstić information content (AvgIpc) is 3.49. The van der Waals surface area contributed by atoms with Gasteiger partial charge in [0.25, 0.3) is 15.6 Å². The number of nitrogens with zero attached hydrogens (tertiary/aromatic N) is 2. The van der Waals surface area contributed by atoms with Crippen LogP contribution in [0.5, 0.6) is 5.75 Å². The first-order valence-corrected chi connectivity index (χ1v) is 16.9. The van der Waals surface area contributed by atoms with Crippen LogP contribution in [0.1, 0.15) is 36.8 Å². The van der Waals surface area contributed by atoms with E-state index >= 15 is 0 Å². The highest BCUT2D eigenvalue weighted by molar-refractivity contribution is 7.85. The summed E-state index contributed by atoms with van der Waals surface area (Å²) in [6, 6.07) is 19.6. The third kappa shape index (κ3) is 7.45. The molecule has 232 valence electrons. The van der Waals surface area contributed by atoms with Crippen molar-refractivity contribution in [2.24, 2.45) is 0 Å². The van der Waals surface area contributed by atoms with Crippen molar-refractivity contribution in [3.63, 3.8) is 0 Å². The molecule has 0 radical (unpaired) electrons. The molecule has 12 heteroatoms. The second-order valence-electron chi connectivity index (χ2n) is 10.5. The number of anilines is 1. The van der Waals surface area contributed by atoms with Crippen molar-refractivity contribution in [2.45, 2.75) is 40.2 Å². The van der Waals surface area contributed by atoms with Gasteiger partial charge in [-0.1, -0.05) is 43.3 Å². The van der Waals surface area contributed by atoms with E-state index in [-0.39, 0.29) is 13.2 Å². The molecule has 0 spiro atoms. The van der Waals surface area contributed by atoms with E-state index in [1.807, 2.05) is 92.1 Å². The molecule has 0 aliphatic carbocycles. The summed E-state index contributed by atoms with van der Waals surface area (Å²) < 4.78 is 72.3. The van der Waals surface area contributed by atoms with Crippen LogP contribution >= 0.6 is 0 Å². The number of allylic oxidation sites excluding steroid dienone is 2. The molecule has 0 bridgehead atoms. The second-order valence-corrected chi connectivity index (χ2v) is 12.8. The van der Waals surface area contributed by atoms with Gasteiger partial charge >= 0.3 is 17.3 Å². The summed E-state index contributed by atoms with van der Waals surface area (Å²) in [7, 11) is -4.23. The molecule has 5 rings (SSSR count). The maximum absolute atomic E-state index is 11.7. The number of fused-ring (bicyclic) bond motifs is 2. The number of hydrogen-bond acceptors (Lipinski definition) is 7. The third-order valence-corrected chi connectivity index (χ3v) is 8.56. The fourth-order valence-electron chi connectivity index (χ4n) is 5.06. The summed E-state index contributed by atoms with van der Waals surface area (Å²) >= 11 is -2.33. The van der Waals surface area contributed by atoms with Crippen molar-refractivity contribution in [1.82, 2.24) is 0 Å². The van der Waals surface area contributed by atoms with Crippen LogP contribution in [0.15, 0.2) is 82.6 Å². The first kappa shape index (κ1) is 31.6. The Morgan fingerprint density at radius 2 is 1.82 bits per heavy atom. The van der Waals surface area contributed by atoms with Crippen molar-refractivity contribution in [2.75, 3.05) is 23.8 Å². The molecule has 3 aromatic carbocycles.